The second-order valence-corrected chi connectivity index (χ2v) is 5.87. The van der Waals surface area contributed by atoms with E-state index in [-0.39, 0.29) is 0 Å². The summed E-state index contributed by atoms with van der Waals surface area (Å²) in [7, 11) is -3.31. The van der Waals surface area contributed by atoms with E-state index in [4.69, 9.17) is 14.6 Å². The summed E-state index contributed by atoms with van der Waals surface area (Å²) in [5, 5.41) is 0. The van der Waals surface area contributed by atoms with E-state index in [0.717, 1.165) is 7.11 Å². The minimum atomic E-state index is -4.29. The minimum absolute atomic E-state index is 0.592. The molecule has 0 aliphatic heterocycles. The summed E-state index contributed by atoms with van der Waals surface area (Å²) in [6.07, 6.45) is -1.18. The zero-order chi connectivity index (χ0) is 15.2. The molecule has 0 rings (SSSR count). The van der Waals surface area contributed by atoms with Crippen LogP contribution in [0.1, 0.15) is 27.7 Å². The van der Waals surface area contributed by atoms with Crippen molar-refractivity contribution in [2.75, 3.05) is 7.11 Å². The third-order valence-electron chi connectivity index (χ3n) is 1.63. The molecule has 0 fully saturated rings. The summed E-state index contributed by atoms with van der Waals surface area (Å²) in [5.41, 5.74) is 6.29. The van der Waals surface area contributed by atoms with Crippen molar-refractivity contribution < 1.29 is 32.7 Å². The third-order valence-corrected chi connectivity index (χ3v) is 3.74. The van der Waals surface area contributed by atoms with Gasteiger partial charge in [-0.2, -0.15) is 4.79 Å². The molecule has 0 aromatic carbocycles. The number of ether oxygens (including phenoxy) is 1. The predicted molar refractivity (Wildman–Crippen MR) is 65.7 cm³/mol. The van der Waals surface area contributed by atoms with Crippen LogP contribution in [0.4, 0.5) is 0 Å². The number of esters is 1. The summed E-state index contributed by atoms with van der Waals surface area (Å²) in [6.45, 7) is 6.16. The van der Waals surface area contributed by atoms with Crippen LogP contribution in [0.25, 0.3) is 5.53 Å². The molecule has 0 atom stereocenters. The molecule has 0 spiro atoms. The molecule has 0 unspecified atom stereocenters. The molecular weight excluding hydrogens is 275 g/mol. The van der Waals surface area contributed by atoms with Gasteiger partial charge in [0.1, 0.15) is 0 Å². The average Bonchev–Trinajstić information content (AvgIpc) is 2.27. The lowest BCUT2D eigenvalue weighted by atomic mass is 10.4. The van der Waals surface area contributed by atoms with E-state index >= 15 is 0 Å². The van der Waals surface area contributed by atoms with Gasteiger partial charge in [0.05, 0.1) is 19.3 Å². The molecule has 19 heavy (non-hydrogen) atoms. The Labute approximate surface area is 111 Å². The zero-order valence-corrected chi connectivity index (χ0v) is 12.3. The largest absolute Gasteiger partial charge is 0.460 e. The summed E-state index contributed by atoms with van der Waals surface area (Å²) in [5.74, 6) is -1.23. The van der Waals surface area contributed by atoms with Gasteiger partial charge >= 0.3 is 24.8 Å². The maximum Gasteiger partial charge on any atom is 0.454 e. The molecule has 0 saturated carbocycles. The first-order valence-corrected chi connectivity index (χ1v) is 7.04. The summed E-state index contributed by atoms with van der Waals surface area (Å²) < 4.78 is 26.6. The molecule has 8 nitrogen and oxygen atoms in total. The highest BCUT2D eigenvalue weighted by Gasteiger charge is 2.48. The molecule has 9 heteroatoms. The summed E-state index contributed by atoms with van der Waals surface area (Å²) in [4.78, 5) is 25.7. The highest BCUT2D eigenvalue weighted by atomic mass is 31.2. The van der Waals surface area contributed by atoms with Crippen LogP contribution < -0.4 is 0 Å². The van der Waals surface area contributed by atoms with Crippen molar-refractivity contribution in [2.45, 2.75) is 39.9 Å². The van der Waals surface area contributed by atoms with Crippen LogP contribution in [-0.4, -0.2) is 41.3 Å². The van der Waals surface area contributed by atoms with Gasteiger partial charge in [-0.25, -0.2) is 4.79 Å². The van der Waals surface area contributed by atoms with Crippen molar-refractivity contribution in [1.82, 2.24) is 0 Å². The SMILES string of the molecule is COC(=O)C(=[N+]=[N-])C(=O)P(=O)(OC(C)C)OC(C)C. The molecular formula is C10H17N2O6P. The van der Waals surface area contributed by atoms with E-state index in [1.165, 1.54) is 27.7 Å². The monoisotopic (exact) mass is 292 g/mol. The number of carbonyl (C=O) groups excluding carboxylic acids is 2. The molecule has 0 aromatic heterocycles. The number of hydrogen-bond acceptors (Lipinski definition) is 6. The average molecular weight is 292 g/mol. The van der Waals surface area contributed by atoms with E-state index in [9.17, 15) is 14.2 Å². The maximum atomic E-state index is 12.4. The first kappa shape index (κ1) is 17.7. The molecule has 0 amide bonds. The van der Waals surface area contributed by atoms with Gasteiger partial charge in [-0.3, -0.25) is 18.4 Å². The molecule has 0 aliphatic carbocycles. The zero-order valence-electron chi connectivity index (χ0n) is 11.4. The molecule has 0 saturated heterocycles. The topological polar surface area (TPSA) is 115 Å². The Morgan fingerprint density at radius 3 is 1.79 bits per heavy atom. The lowest BCUT2D eigenvalue weighted by molar-refractivity contribution is -0.139. The van der Waals surface area contributed by atoms with Crippen LogP contribution in [0.5, 0.6) is 0 Å². The van der Waals surface area contributed by atoms with E-state index in [2.05, 4.69) is 9.53 Å². The quantitative estimate of drug-likeness (QED) is 0.175. The van der Waals surface area contributed by atoms with Crippen LogP contribution in [-0.2, 0) is 27.9 Å². The lowest BCUT2D eigenvalue weighted by Crippen LogP contribution is -2.29. The van der Waals surface area contributed by atoms with Crippen molar-refractivity contribution >= 4 is 24.8 Å². The Morgan fingerprint density at radius 2 is 1.53 bits per heavy atom. The highest BCUT2D eigenvalue weighted by Crippen LogP contribution is 2.51. The molecule has 0 bridgehead atoms. The normalized spacial score (nSPS) is 11.3. The Bertz CT molecular complexity index is 439. The fourth-order valence-electron chi connectivity index (χ4n) is 1.07. The molecule has 0 heterocycles. The maximum absolute atomic E-state index is 12.4. The number of rotatable bonds is 7. The van der Waals surface area contributed by atoms with Gasteiger partial charge in [0, 0.05) is 0 Å². The molecule has 108 valence electrons. The second kappa shape index (κ2) is 7.31. The van der Waals surface area contributed by atoms with Crippen LogP contribution >= 0.6 is 7.60 Å². The Morgan fingerprint density at radius 1 is 1.11 bits per heavy atom. The minimum Gasteiger partial charge on any atom is -0.460 e. The van der Waals surface area contributed by atoms with E-state index < -0.39 is 37.0 Å². The van der Waals surface area contributed by atoms with Crippen LogP contribution in [0.3, 0.4) is 0 Å². The van der Waals surface area contributed by atoms with Gasteiger partial charge in [-0.05, 0) is 27.7 Å². The Balaban J connectivity index is 5.50. The van der Waals surface area contributed by atoms with Gasteiger partial charge < -0.3 is 10.3 Å². The standard InChI is InChI=1S/C10H17N2O6P/c1-6(2)17-19(15,18-7(3)4)10(14)8(12-11)9(13)16-5/h6-7H,1-5H3. The second-order valence-electron chi connectivity index (χ2n) is 4.05. The summed E-state index contributed by atoms with van der Waals surface area (Å²) >= 11 is 0. The highest BCUT2D eigenvalue weighted by molar-refractivity contribution is 7.75. The summed E-state index contributed by atoms with van der Waals surface area (Å²) in [6, 6.07) is 0. The van der Waals surface area contributed by atoms with Crippen molar-refractivity contribution in [3.8, 4) is 0 Å². The first-order valence-electron chi connectivity index (χ1n) is 5.50. The van der Waals surface area contributed by atoms with Gasteiger partial charge in [0.15, 0.2) is 0 Å². The first-order chi connectivity index (χ1) is 8.67. The number of methoxy groups -OCH3 is 1. The lowest BCUT2D eigenvalue weighted by Gasteiger charge is -2.19. The fraction of sp³-hybridized carbons (Fsp3) is 0.700. The van der Waals surface area contributed by atoms with E-state index in [1.807, 2.05) is 0 Å². The van der Waals surface area contributed by atoms with Gasteiger partial charge in [0.2, 0.25) is 0 Å². The van der Waals surface area contributed by atoms with E-state index in [1.54, 1.807) is 0 Å². The third kappa shape index (κ3) is 5.04. The fourth-order valence-corrected chi connectivity index (χ4v) is 2.82. The van der Waals surface area contributed by atoms with Crippen LogP contribution in [0.15, 0.2) is 0 Å². The van der Waals surface area contributed by atoms with Crippen molar-refractivity contribution in [3.63, 3.8) is 0 Å². The number of nitrogens with zero attached hydrogens (tertiary/aromatic N) is 2. The van der Waals surface area contributed by atoms with Crippen LogP contribution in [0.2, 0.25) is 0 Å². The Kier molecular flexibility index (Phi) is 6.79. The predicted octanol–water partition coefficient (Wildman–Crippen LogP) is 1.40. The Hall–Kier alpha value is -1.33. The molecule has 0 radical (unpaired) electrons. The molecule has 0 aromatic rings. The van der Waals surface area contributed by atoms with Crippen molar-refractivity contribution in [1.29, 1.82) is 0 Å². The van der Waals surface area contributed by atoms with Gasteiger partial charge in [-0.15, -0.1) is 0 Å². The molecule has 0 N–H and O–H groups in total. The van der Waals surface area contributed by atoms with Crippen molar-refractivity contribution in [2.24, 2.45) is 0 Å². The van der Waals surface area contributed by atoms with Gasteiger partial charge in [0.25, 0.3) is 0 Å². The van der Waals surface area contributed by atoms with Crippen molar-refractivity contribution in [3.05, 3.63) is 5.53 Å². The van der Waals surface area contributed by atoms with Gasteiger partial charge in [-0.1, -0.05) is 0 Å². The number of hydrogen-bond donors (Lipinski definition) is 0. The smallest absolute Gasteiger partial charge is 0.454 e. The van der Waals surface area contributed by atoms with E-state index in [0.29, 0.717) is 0 Å². The number of carbonyl (C=O) groups is 2. The van der Waals surface area contributed by atoms with Crippen LogP contribution in [0, 0.1) is 0 Å². The molecule has 0 aliphatic rings.